The number of anilines is 1. The second kappa shape index (κ2) is 7.25. The maximum atomic E-state index is 11.5. The van der Waals surface area contributed by atoms with Crippen molar-refractivity contribution in [3.8, 4) is 11.4 Å². The molecule has 24 heavy (non-hydrogen) atoms. The first kappa shape index (κ1) is 16.2. The van der Waals surface area contributed by atoms with Gasteiger partial charge in [0.2, 0.25) is 0 Å². The van der Waals surface area contributed by atoms with Gasteiger partial charge in [0.15, 0.2) is 5.82 Å². The Kier molecular flexibility index (Phi) is 4.88. The standard InChI is InChI=1S/C17H21N5O2/c1-12-10-15(21-16(19-12)13-4-3-7-18-11-13)20-14-5-8-22(9-6-14)17(23)24-2/h3-4,7,10-11,14H,5-6,8-9H2,1-2H3,(H,19,20,21). The number of carbonyl (C=O) groups excluding carboxylic acids is 1. The number of nitrogens with one attached hydrogen (secondary N) is 1. The van der Waals surface area contributed by atoms with Crippen LogP contribution in [0.15, 0.2) is 30.6 Å². The zero-order valence-corrected chi connectivity index (χ0v) is 13.9. The molecule has 1 N–H and O–H groups in total. The maximum Gasteiger partial charge on any atom is 0.409 e. The van der Waals surface area contributed by atoms with Gasteiger partial charge in [0.05, 0.1) is 7.11 Å². The molecular weight excluding hydrogens is 306 g/mol. The number of hydrogen-bond donors (Lipinski definition) is 1. The molecule has 2 aromatic rings. The third-order valence-corrected chi connectivity index (χ3v) is 4.05. The van der Waals surface area contributed by atoms with Gasteiger partial charge in [0.25, 0.3) is 0 Å². The molecule has 1 aliphatic heterocycles. The number of ether oxygens (including phenoxy) is 1. The number of hydrogen-bond acceptors (Lipinski definition) is 6. The quantitative estimate of drug-likeness (QED) is 0.933. The van der Waals surface area contributed by atoms with Gasteiger partial charge in [0, 0.05) is 48.8 Å². The van der Waals surface area contributed by atoms with Crippen LogP contribution in [0.1, 0.15) is 18.5 Å². The highest BCUT2D eigenvalue weighted by atomic mass is 16.5. The van der Waals surface area contributed by atoms with Crippen LogP contribution in [0.4, 0.5) is 10.6 Å². The number of aryl methyl sites for hydroxylation is 1. The molecule has 3 heterocycles. The van der Waals surface area contributed by atoms with Gasteiger partial charge in [-0.1, -0.05) is 0 Å². The van der Waals surface area contributed by atoms with Crippen LogP contribution in [-0.2, 0) is 4.74 Å². The SMILES string of the molecule is COC(=O)N1CCC(Nc2cc(C)nc(-c3cccnc3)n2)CC1. The van der Waals surface area contributed by atoms with Gasteiger partial charge >= 0.3 is 6.09 Å². The Balaban J connectivity index is 1.68. The third kappa shape index (κ3) is 3.79. The topological polar surface area (TPSA) is 80.2 Å². The Morgan fingerprint density at radius 2 is 2.12 bits per heavy atom. The monoisotopic (exact) mass is 327 g/mol. The molecule has 0 saturated carbocycles. The molecule has 0 unspecified atom stereocenters. The van der Waals surface area contributed by atoms with Gasteiger partial charge in [-0.25, -0.2) is 14.8 Å². The minimum Gasteiger partial charge on any atom is -0.453 e. The van der Waals surface area contributed by atoms with Crippen molar-refractivity contribution in [3.63, 3.8) is 0 Å². The molecule has 1 aliphatic rings. The lowest BCUT2D eigenvalue weighted by molar-refractivity contribution is 0.113. The summed E-state index contributed by atoms with van der Waals surface area (Å²) in [7, 11) is 1.41. The van der Waals surface area contributed by atoms with Crippen molar-refractivity contribution >= 4 is 11.9 Å². The predicted octanol–water partition coefficient (Wildman–Crippen LogP) is 2.49. The zero-order chi connectivity index (χ0) is 16.9. The lowest BCUT2D eigenvalue weighted by Crippen LogP contribution is -2.42. The van der Waals surface area contributed by atoms with Crippen LogP contribution in [0.2, 0.25) is 0 Å². The number of pyridine rings is 1. The van der Waals surface area contributed by atoms with E-state index in [1.165, 1.54) is 7.11 Å². The molecule has 0 aromatic carbocycles. The fourth-order valence-electron chi connectivity index (χ4n) is 2.81. The molecule has 0 bridgehead atoms. The van der Waals surface area contributed by atoms with Crippen LogP contribution in [0.3, 0.4) is 0 Å². The number of piperidine rings is 1. The van der Waals surface area contributed by atoms with Crippen molar-refractivity contribution in [2.45, 2.75) is 25.8 Å². The van der Waals surface area contributed by atoms with E-state index in [0.717, 1.165) is 29.9 Å². The maximum absolute atomic E-state index is 11.5. The Morgan fingerprint density at radius 1 is 1.33 bits per heavy atom. The normalized spacial score (nSPS) is 15.2. The van der Waals surface area contributed by atoms with Crippen LogP contribution < -0.4 is 5.32 Å². The summed E-state index contributed by atoms with van der Waals surface area (Å²) >= 11 is 0. The Bertz CT molecular complexity index is 699. The lowest BCUT2D eigenvalue weighted by atomic mass is 10.1. The van der Waals surface area contributed by atoms with Gasteiger partial charge in [-0.3, -0.25) is 4.98 Å². The van der Waals surface area contributed by atoms with Gasteiger partial charge < -0.3 is 15.0 Å². The van der Waals surface area contributed by atoms with E-state index in [4.69, 9.17) is 4.74 Å². The highest BCUT2D eigenvalue weighted by Gasteiger charge is 2.23. The number of rotatable bonds is 3. The molecule has 0 aliphatic carbocycles. The van der Waals surface area contributed by atoms with Crippen LogP contribution in [0.5, 0.6) is 0 Å². The van der Waals surface area contributed by atoms with Crippen molar-refractivity contribution in [1.82, 2.24) is 19.9 Å². The smallest absolute Gasteiger partial charge is 0.409 e. The first-order valence-electron chi connectivity index (χ1n) is 8.01. The lowest BCUT2D eigenvalue weighted by Gasteiger charge is -2.31. The van der Waals surface area contributed by atoms with Crippen molar-refractivity contribution in [1.29, 1.82) is 0 Å². The number of methoxy groups -OCH3 is 1. The van der Waals surface area contributed by atoms with Crippen molar-refractivity contribution in [2.24, 2.45) is 0 Å². The molecule has 126 valence electrons. The fraction of sp³-hybridized carbons (Fsp3) is 0.412. The summed E-state index contributed by atoms with van der Waals surface area (Å²) in [5.74, 6) is 1.47. The van der Waals surface area contributed by atoms with E-state index in [1.54, 1.807) is 17.3 Å². The molecule has 3 rings (SSSR count). The molecular formula is C17H21N5O2. The number of carbonyl (C=O) groups is 1. The third-order valence-electron chi connectivity index (χ3n) is 4.05. The van der Waals surface area contributed by atoms with Gasteiger partial charge in [-0.05, 0) is 31.9 Å². The Morgan fingerprint density at radius 3 is 2.79 bits per heavy atom. The second-order valence-corrected chi connectivity index (χ2v) is 5.84. The van der Waals surface area contributed by atoms with E-state index >= 15 is 0 Å². The highest BCUT2D eigenvalue weighted by molar-refractivity contribution is 5.67. The van der Waals surface area contributed by atoms with Crippen molar-refractivity contribution in [2.75, 3.05) is 25.5 Å². The Hall–Kier alpha value is -2.70. The molecule has 1 saturated heterocycles. The largest absolute Gasteiger partial charge is 0.453 e. The van der Waals surface area contributed by atoms with Crippen LogP contribution >= 0.6 is 0 Å². The average Bonchev–Trinajstić information content (AvgIpc) is 2.62. The van der Waals surface area contributed by atoms with E-state index in [9.17, 15) is 4.79 Å². The summed E-state index contributed by atoms with van der Waals surface area (Å²) < 4.78 is 4.76. The summed E-state index contributed by atoms with van der Waals surface area (Å²) in [6.07, 6.45) is 4.95. The van der Waals surface area contributed by atoms with Crippen LogP contribution in [-0.4, -0.2) is 52.2 Å². The molecule has 1 amide bonds. The van der Waals surface area contributed by atoms with E-state index < -0.39 is 0 Å². The molecule has 1 fully saturated rings. The summed E-state index contributed by atoms with van der Waals surface area (Å²) in [6, 6.07) is 6.03. The van der Waals surface area contributed by atoms with E-state index in [2.05, 4.69) is 20.3 Å². The molecule has 2 aromatic heterocycles. The minimum atomic E-state index is -0.259. The van der Waals surface area contributed by atoms with Crippen LogP contribution in [0, 0.1) is 6.92 Å². The summed E-state index contributed by atoms with van der Waals surface area (Å²) in [4.78, 5) is 26.5. The van der Waals surface area contributed by atoms with Gasteiger partial charge in [0.1, 0.15) is 5.82 Å². The number of likely N-dealkylation sites (tertiary alicyclic amines) is 1. The van der Waals surface area contributed by atoms with Crippen molar-refractivity contribution in [3.05, 3.63) is 36.3 Å². The minimum absolute atomic E-state index is 0.259. The van der Waals surface area contributed by atoms with Crippen LogP contribution in [0.25, 0.3) is 11.4 Å². The van der Waals surface area contributed by atoms with E-state index in [1.807, 2.05) is 25.1 Å². The molecule has 0 atom stereocenters. The molecule has 0 spiro atoms. The van der Waals surface area contributed by atoms with Crippen molar-refractivity contribution < 1.29 is 9.53 Å². The summed E-state index contributed by atoms with van der Waals surface area (Å²) in [6.45, 7) is 3.32. The van der Waals surface area contributed by atoms with E-state index in [-0.39, 0.29) is 12.1 Å². The zero-order valence-electron chi connectivity index (χ0n) is 13.9. The molecule has 0 radical (unpaired) electrons. The number of aromatic nitrogens is 3. The summed E-state index contributed by atoms with van der Waals surface area (Å²) in [5.41, 5.74) is 1.79. The highest BCUT2D eigenvalue weighted by Crippen LogP contribution is 2.20. The molecule has 7 heteroatoms. The first-order valence-corrected chi connectivity index (χ1v) is 8.01. The first-order chi connectivity index (χ1) is 11.7. The fourth-order valence-corrected chi connectivity index (χ4v) is 2.81. The average molecular weight is 327 g/mol. The number of nitrogens with zero attached hydrogens (tertiary/aromatic N) is 4. The van der Waals surface area contributed by atoms with Gasteiger partial charge in [-0.15, -0.1) is 0 Å². The second-order valence-electron chi connectivity index (χ2n) is 5.84. The van der Waals surface area contributed by atoms with Gasteiger partial charge in [-0.2, -0.15) is 0 Å². The molecule has 7 nitrogen and oxygen atoms in total. The Labute approximate surface area is 141 Å². The predicted molar refractivity (Wildman–Crippen MR) is 90.6 cm³/mol. The van der Waals surface area contributed by atoms with E-state index in [0.29, 0.717) is 18.9 Å². The summed E-state index contributed by atoms with van der Waals surface area (Å²) in [5, 5.41) is 3.46. The number of amides is 1.